The zero-order valence-electron chi connectivity index (χ0n) is 11.0. The minimum absolute atomic E-state index is 0.0950. The predicted octanol–water partition coefficient (Wildman–Crippen LogP) is 2.67. The monoisotopic (exact) mass is 277 g/mol. The molecule has 2 aromatic rings. The van der Waals surface area contributed by atoms with Crippen LogP contribution in [0, 0.1) is 6.92 Å². The van der Waals surface area contributed by atoms with Crippen LogP contribution < -0.4 is 10.5 Å². The van der Waals surface area contributed by atoms with Crippen LogP contribution in [0.1, 0.15) is 21.4 Å². The zero-order chi connectivity index (χ0) is 13.7. The number of benzene rings is 1. The van der Waals surface area contributed by atoms with Crippen molar-refractivity contribution in [3.8, 4) is 5.75 Å². The van der Waals surface area contributed by atoms with Gasteiger partial charge >= 0.3 is 0 Å². The van der Waals surface area contributed by atoms with Gasteiger partial charge in [0.1, 0.15) is 11.9 Å². The first-order chi connectivity index (χ1) is 9.22. The molecule has 2 rings (SSSR count). The van der Waals surface area contributed by atoms with Gasteiger partial charge in [-0.3, -0.25) is 0 Å². The molecule has 0 saturated heterocycles. The molecular weight excluding hydrogens is 258 g/mol. The van der Waals surface area contributed by atoms with Crippen LogP contribution in [-0.4, -0.2) is 18.3 Å². The number of ether oxygens (including phenoxy) is 1. The van der Waals surface area contributed by atoms with E-state index in [1.807, 2.05) is 24.3 Å². The minimum Gasteiger partial charge on any atom is -0.484 e. The van der Waals surface area contributed by atoms with E-state index in [0.29, 0.717) is 13.0 Å². The van der Waals surface area contributed by atoms with Crippen LogP contribution in [-0.2, 0) is 6.42 Å². The van der Waals surface area contributed by atoms with Gasteiger partial charge in [-0.05, 0) is 43.2 Å². The second-order valence-corrected chi connectivity index (χ2v) is 5.73. The Hall–Kier alpha value is -1.36. The summed E-state index contributed by atoms with van der Waals surface area (Å²) in [5.41, 5.74) is 6.89. The number of aliphatic hydroxyl groups is 1. The van der Waals surface area contributed by atoms with Gasteiger partial charge in [0, 0.05) is 22.9 Å². The highest BCUT2D eigenvalue weighted by Crippen LogP contribution is 2.27. The lowest BCUT2D eigenvalue weighted by molar-refractivity contribution is 0.218. The molecule has 1 heterocycles. The Labute approximate surface area is 117 Å². The molecule has 4 heteroatoms. The summed E-state index contributed by atoms with van der Waals surface area (Å²) < 4.78 is 5.92. The van der Waals surface area contributed by atoms with Gasteiger partial charge in [-0.2, -0.15) is 0 Å². The number of aliphatic hydroxyl groups excluding tert-OH is 1. The lowest BCUT2D eigenvalue weighted by Crippen LogP contribution is -2.17. The predicted molar refractivity (Wildman–Crippen MR) is 78.7 cm³/mol. The van der Waals surface area contributed by atoms with Crippen molar-refractivity contribution in [2.24, 2.45) is 5.73 Å². The van der Waals surface area contributed by atoms with E-state index in [0.717, 1.165) is 16.2 Å². The third kappa shape index (κ3) is 3.80. The van der Waals surface area contributed by atoms with Gasteiger partial charge in [0.25, 0.3) is 0 Å². The quantitative estimate of drug-likeness (QED) is 0.853. The molecule has 0 radical (unpaired) electrons. The van der Waals surface area contributed by atoms with Crippen molar-refractivity contribution in [1.29, 1.82) is 0 Å². The van der Waals surface area contributed by atoms with Crippen molar-refractivity contribution >= 4 is 11.3 Å². The Morgan fingerprint density at radius 2 is 1.95 bits per heavy atom. The van der Waals surface area contributed by atoms with Gasteiger partial charge < -0.3 is 15.6 Å². The summed E-state index contributed by atoms with van der Waals surface area (Å²) in [5.74, 6) is 0.809. The van der Waals surface area contributed by atoms with Crippen molar-refractivity contribution < 1.29 is 9.84 Å². The Kier molecular flexibility index (Phi) is 4.96. The van der Waals surface area contributed by atoms with E-state index < -0.39 is 0 Å². The largest absolute Gasteiger partial charge is 0.484 e. The van der Waals surface area contributed by atoms with Crippen LogP contribution in [0.15, 0.2) is 36.4 Å². The molecule has 19 heavy (non-hydrogen) atoms. The molecule has 1 atom stereocenters. The van der Waals surface area contributed by atoms with Gasteiger partial charge in [0.05, 0.1) is 0 Å². The van der Waals surface area contributed by atoms with Crippen molar-refractivity contribution in [3.63, 3.8) is 0 Å². The number of hydrogen-bond acceptors (Lipinski definition) is 4. The maximum absolute atomic E-state index is 8.88. The highest BCUT2D eigenvalue weighted by Gasteiger charge is 2.13. The number of aryl methyl sites for hydroxylation is 1. The summed E-state index contributed by atoms with van der Waals surface area (Å²) in [4.78, 5) is 2.41. The Morgan fingerprint density at radius 3 is 2.47 bits per heavy atom. The van der Waals surface area contributed by atoms with E-state index in [9.17, 15) is 0 Å². The summed E-state index contributed by atoms with van der Waals surface area (Å²) in [5, 5.41) is 8.88. The number of hydrogen-bond donors (Lipinski definition) is 2. The molecule has 102 valence electrons. The average Bonchev–Trinajstić information content (AvgIpc) is 2.85. The van der Waals surface area contributed by atoms with Gasteiger partial charge in [0.2, 0.25) is 0 Å². The fourth-order valence-electron chi connectivity index (χ4n) is 1.88. The van der Waals surface area contributed by atoms with Crippen LogP contribution in [0.4, 0.5) is 0 Å². The molecule has 0 saturated carbocycles. The summed E-state index contributed by atoms with van der Waals surface area (Å²) in [6.07, 6.45) is 0.576. The molecule has 0 bridgehead atoms. The maximum atomic E-state index is 8.88. The van der Waals surface area contributed by atoms with Gasteiger partial charge in [-0.25, -0.2) is 0 Å². The van der Waals surface area contributed by atoms with E-state index >= 15 is 0 Å². The van der Waals surface area contributed by atoms with Crippen LogP contribution in [0.2, 0.25) is 0 Å². The fraction of sp³-hybridized carbons (Fsp3) is 0.333. The molecule has 0 spiro atoms. The molecule has 1 unspecified atom stereocenters. The maximum Gasteiger partial charge on any atom is 0.145 e. The van der Waals surface area contributed by atoms with Crippen LogP contribution in [0.5, 0.6) is 5.75 Å². The van der Waals surface area contributed by atoms with Gasteiger partial charge in [-0.1, -0.05) is 12.1 Å². The molecule has 0 fully saturated rings. The Bertz CT molecular complexity index is 507. The SMILES string of the molecule is Cc1ccc(C(CN)Oc2ccc(CCO)cc2)s1. The lowest BCUT2D eigenvalue weighted by atomic mass is 10.1. The molecular formula is C15H19NO2S. The van der Waals surface area contributed by atoms with E-state index in [2.05, 4.69) is 19.1 Å². The average molecular weight is 277 g/mol. The smallest absolute Gasteiger partial charge is 0.145 e. The van der Waals surface area contributed by atoms with Crippen LogP contribution in [0.3, 0.4) is 0 Å². The first-order valence-corrected chi connectivity index (χ1v) is 7.17. The molecule has 1 aromatic carbocycles. The normalized spacial score (nSPS) is 12.4. The van der Waals surface area contributed by atoms with Crippen molar-refractivity contribution in [3.05, 3.63) is 51.7 Å². The van der Waals surface area contributed by atoms with Gasteiger partial charge in [-0.15, -0.1) is 11.3 Å². The Morgan fingerprint density at radius 1 is 1.21 bits per heavy atom. The van der Waals surface area contributed by atoms with E-state index in [4.69, 9.17) is 15.6 Å². The van der Waals surface area contributed by atoms with E-state index in [1.54, 1.807) is 11.3 Å². The number of rotatable bonds is 6. The van der Waals surface area contributed by atoms with E-state index in [1.165, 1.54) is 4.88 Å². The zero-order valence-corrected chi connectivity index (χ0v) is 11.8. The summed E-state index contributed by atoms with van der Waals surface area (Å²) in [6.45, 7) is 2.70. The topological polar surface area (TPSA) is 55.5 Å². The molecule has 0 aliphatic heterocycles. The van der Waals surface area contributed by atoms with Crippen LogP contribution in [0.25, 0.3) is 0 Å². The molecule has 1 aromatic heterocycles. The second kappa shape index (κ2) is 6.70. The fourth-order valence-corrected chi connectivity index (χ4v) is 2.80. The minimum atomic E-state index is -0.0950. The first kappa shape index (κ1) is 14.1. The summed E-state index contributed by atoms with van der Waals surface area (Å²) >= 11 is 1.71. The molecule has 0 aliphatic rings. The third-order valence-electron chi connectivity index (χ3n) is 2.89. The Balaban J connectivity index is 2.05. The summed E-state index contributed by atoms with van der Waals surface area (Å²) in [6, 6.07) is 11.9. The standard InChI is InChI=1S/C15H19NO2S/c1-11-2-7-15(19-11)14(10-16)18-13-5-3-12(4-6-13)8-9-17/h2-7,14,17H,8-10,16H2,1H3. The molecule has 0 amide bonds. The van der Waals surface area contributed by atoms with Gasteiger partial charge in [0.15, 0.2) is 0 Å². The highest BCUT2D eigenvalue weighted by molar-refractivity contribution is 7.12. The van der Waals surface area contributed by atoms with Crippen LogP contribution >= 0.6 is 11.3 Å². The first-order valence-electron chi connectivity index (χ1n) is 6.36. The lowest BCUT2D eigenvalue weighted by Gasteiger charge is -2.16. The third-order valence-corrected chi connectivity index (χ3v) is 3.99. The highest BCUT2D eigenvalue weighted by atomic mass is 32.1. The number of nitrogens with two attached hydrogens (primary N) is 1. The van der Waals surface area contributed by atoms with E-state index in [-0.39, 0.29) is 12.7 Å². The molecule has 0 aliphatic carbocycles. The van der Waals surface area contributed by atoms with Crippen molar-refractivity contribution in [1.82, 2.24) is 0 Å². The second-order valence-electron chi connectivity index (χ2n) is 4.41. The molecule has 3 N–H and O–H groups in total. The number of thiophene rings is 1. The molecule has 3 nitrogen and oxygen atoms in total. The van der Waals surface area contributed by atoms with Crippen molar-refractivity contribution in [2.45, 2.75) is 19.4 Å². The van der Waals surface area contributed by atoms with Crippen molar-refractivity contribution in [2.75, 3.05) is 13.2 Å². The summed E-state index contributed by atoms with van der Waals surface area (Å²) in [7, 11) is 0.